The van der Waals surface area contributed by atoms with Crippen LogP contribution in [-0.4, -0.2) is 126 Å². The van der Waals surface area contributed by atoms with E-state index in [4.69, 9.17) is 23.7 Å². The molecule has 39 heavy (non-hydrogen) atoms. The lowest BCUT2D eigenvalue weighted by molar-refractivity contribution is -0.440. The fourth-order valence-electron chi connectivity index (χ4n) is 2.96. The lowest BCUT2D eigenvalue weighted by atomic mass is 9.92. The number of ether oxygens (including phenoxy) is 5. The minimum atomic E-state index is -7.91. The van der Waals surface area contributed by atoms with Crippen molar-refractivity contribution in [3.05, 3.63) is 0 Å². The van der Waals surface area contributed by atoms with Crippen LogP contribution >= 0.6 is 0 Å². The number of hydrogen-bond donors (Lipinski definition) is 0. The van der Waals surface area contributed by atoms with E-state index < -0.39 is 48.8 Å². The van der Waals surface area contributed by atoms with E-state index in [9.17, 15) is 57.1 Å². The molecule has 0 amide bonds. The van der Waals surface area contributed by atoms with Gasteiger partial charge in [-0.25, -0.2) is 0 Å². The number of alkyl halides is 13. The van der Waals surface area contributed by atoms with Crippen molar-refractivity contribution < 1.29 is 80.8 Å². The van der Waals surface area contributed by atoms with Crippen LogP contribution in [-0.2, 0) is 23.7 Å². The van der Waals surface area contributed by atoms with Gasteiger partial charge in [-0.2, -0.15) is 57.1 Å². The van der Waals surface area contributed by atoms with Crippen LogP contribution in [0.1, 0.15) is 6.42 Å². The van der Waals surface area contributed by atoms with E-state index in [1.807, 2.05) is 0 Å². The largest absolute Gasteiger partial charge is 0.460 e. The predicted octanol–water partition coefficient (Wildman–Crippen LogP) is 4.51. The second kappa shape index (κ2) is 14.7. The molecule has 234 valence electrons. The van der Waals surface area contributed by atoms with Crippen LogP contribution in [0.25, 0.3) is 0 Å². The average Bonchev–Trinajstić information content (AvgIpc) is 2.82. The maximum atomic E-state index is 14.1. The molecule has 0 atom stereocenters. The lowest BCUT2D eigenvalue weighted by Gasteiger charge is -2.40. The number of rotatable bonds is 7. The van der Waals surface area contributed by atoms with Crippen LogP contribution < -0.4 is 0 Å². The molecule has 0 aromatic carbocycles. The van der Waals surface area contributed by atoms with Crippen LogP contribution in [0.15, 0.2) is 0 Å². The minimum Gasteiger partial charge on any atom is -0.378 e. The summed E-state index contributed by atoms with van der Waals surface area (Å²) < 4.78 is 199. The first-order valence-corrected chi connectivity index (χ1v) is 11.4. The Hall–Kier alpha value is -1.15. The average molecular weight is 609 g/mol. The summed E-state index contributed by atoms with van der Waals surface area (Å²) in [5, 5.41) is 0. The Balaban J connectivity index is 2.92. The van der Waals surface area contributed by atoms with Gasteiger partial charge in [0.25, 0.3) is 0 Å². The van der Waals surface area contributed by atoms with Crippen LogP contribution in [0, 0.1) is 0 Å². The van der Waals surface area contributed by atoms with Gasteiger partial charge in [-0.05, 0) is 0 Å². The number of hydrogen-bond acceptors (Lipinski definition) is 6. The maximum absolute atomic E-state index is 14.1. The normalized spacial score (nSPS) is 20.8. The standard InChI is InChI=1S/C20H28F13NO5/c21-15(22,16(23,24)17(25,26)18(27,28)19(29,30)20(31,32)33)1-2-34-3-5-35-7-9-37-11-13-39-14-12-38-10-8-36-6-4-34/h1-14H2. The zero-order valence-corrected chi connectivity index (χ0v) is 20.3. The summed E-state index contributed by atoms with van der Waals surface area (Å²) in [6.45, 7) is -1.14. The minimum absolute atomic E-state index is 0.00357. The molecule has 1 aliphatic rings. The summed E-state index contributed by atoms with van der Waals surface area (Å²) >= 11 is 0. The Bertz CT molecular complexity index is 692. The summed E-state index contributed by atoms with van der Waals surface area (Å²) in [5.41, 5.74) is 0. The Labute approximate surface area is 214 Å². The summed E-state index contributed by atoms with van der Waals surface area (Å²) in [4.78, 5) is 0.934. The van der Waals surface area contributed by atoms with Gasteiger partial charge in [-0.1, -0.05) is 0 Å². The maximum Gasteiger partial charge on any atom is 0.460 e. The molecule has 0 aromatic rings. The summed E-state index contributed by atoms with van der Waals surface area (Å²) in [7, 11) is 0. The highest BCUT2D eigenvalue weighted by atomic mass is 19.4. The second-order valence-electron chi connectivity index (χ2n) is 8.15. The Morgan fingerprint density at radius 1 is 0.410 bits per heavy atom. The van der Waals surface area contributed by atoms with Gasteiger partial charge in [0.1, 0.15) is 0 Å². The molecule has 1 heterocycles. The van der Waals surface area contributed by atoms with Crippen molar-refractivity contribution in [2.45, 2.75) is 42.2 Å². The molecular formula is C20H28F13NO5. The van der Waals surface area contributed by atoms with Crippen molar-refractivity contribution in [1.29, 1.82) is 0 Å². The number of nitrogens with zero attached hydrogens (tertiary/aromatic N) is 1. The quantitative estimate of drug-likeness (QED) is 0.396. The molecule has 0 bridgehead atoms. The van der Waals surface area contributed by atoms with E-state index in [0.29, 0.717) is 0 Å². The van der Waals surface area contributed by atoms with E-state index in [1.165, 1.54) is 0 Å². The molecule has 0 unspecified atom stereocenters. The van der Waals surface area contributed by atoms with Crippen molar-refractivity contribution in [2.24, 2.45) is 0 Å². The highest BCUT2D eigenvalue weighted by Gasteiger charge is 2.90. The first-order valence-electron chi connectivity index (χ1n) is 11.4. The van der Waals surface area contributed by atoms with Gasteiger partial charge in [0.05, 0.1) is 66.1 Å². The Kier molecular flexibility index (Phi) is 13.5. The molecular weight excluding hydrogens is 581 g/mol. The Morgan fingerprint density at radius 3 is 1.05 bits per heavy atom. The van der Waals surface area contributed by atoms with Crippen LogP contribution in [0.4, 0.5) is 57.1 Å². The summed E-state index contributed by atoms with van der Waals surface area (Å²) in [6.07, 6.45) is -9.75. The van der Waals surface area contributed by atoms with E-state index >= 15 is 0 Å². The molecule has 0 aliphatic carbocycles. The van der Waals surface area contributed by atoms with Crippen molar-refractivity contribution in [2.75, 3.05) is 85.7 Å². The van der Waals surface area contributed by atoms with Gasteiger partial charge in [0.2, 0.25) is 0 Å². The number of halogens is 13. The summed E-state index contributed by atoms with van der Waals surface area (Å²) in [6, 6.07) is 0. The molecule has 0 N–H and O–H groups in total. The van der Waals surface area contributed by atoms with E-state index in [1.54, 1.807) is 0 Å². The third-order valence-electron chi connectivity index (χ3n) is 5.33. The molecule has 0 saturated carbocycles. The van der Waals surface area contributed by atoms with E-state index in [2.05, 4.69) is 0 Å². The van der Waals surface area contributed by atoms with Crippen LogP contribution in [0.5, 0.6) is 0 Å². The second-order valence-corrected chi connectivity index (χ2v) is 8.15. The first-order chi connectivity index (χ1) is 17.8. The van der Waals surface area contributed by atoms with Gasteiger partial charge in [-0.3, -0.25) is 4.90 Å². The Morgan fingerprint density at radius 2 is 0.718 bits per heavy atom. The van der Waals surface area contributed by atoms with Gasteiger partial charge < -0.3 is 23.7 Å². The molecule has 1 aliphatic heterocycles. The first kappa shape index (κ1) is 35.9. The van der Waals surface area contributed by atoms with Gasteiger partial charge >= 0.3 is 35.8 Å². The third-order valence-corrected chi connectivity index (χ3v) is 5.33. The lowest BCUT2D eigenvalue weighted by Crippen LogP contribution is -2.70. The van der Waals surface area contributed by atoms with Crippen molar-refractivity contribution in [3.63, 3.8) is 0 Å². The van der Waals surface area contributed by atoms with E-state index in [-0.39, 0.29) is 79.2 Å². The molecule has 0 spiro atoms. The van der Waals surface area contributed by atoms with Gasteiger partial charge in [0, 0.05) is 26.1 Å². The zero-order valence-electron chi connectivity index (χ0n) is 20.3. The third kappa shape index (κ3) is 9.17. The van der Waals surface area contributed by atoms with Gasteiger partial charge in [-0.15, -0.1) is 0 Å². The fraction of sp³-hybridized carbons (Fsp3) is 1.00. The molecule has 19 heteroatoms. The highest BCUT2D eigenvalue weighted by Crippen LogP contribution is 2.60. The van der Waals surface area contributed by atoms with Crippen LogP contribution in [0.2, 0.25) is 0 Å². The van der Waals surface area contributed by atoms with Crippen LogP contribution in [0.3, 0.4) is 0 Å². The topological polar surface area (TPSA) is 49.4 Å². The van der Waals surface area contributed by atoms with E-state index in [0.717, 1.165) is 4.90 Å². The molecule has 0 radical (unpaired) electrons. The monoisotopic (exact) mass is 609 g/mol. The molecule has 1 fully saturated rings. The molecule has 6 nitrogen and oxygen atoms in total. The molecule has 0 aromatic heterocycles. The predicted molar refractivity (Wildman–Crippen MR) is 106 cm³/mol. The van der Waals surface area contributed by atoms with Gasteiger partial charge in [0.15, 0.2) is 0 Å². The molecule has 1 rings (SSSR count). The smallest absolute Gasteiger partial charge is 0.378 e. The van der Waals surface area contributed by atoms with Crippen molar-refractivity contribution in [1.82, 2.24) is 4.90 Å². The SMILES string of the molecule is FC(F)(F)C(F)(F)C(F)(F)C(F)(F)C(F)(F)C(F)(F)CCN1CCOCCOCCOCCOCCOCC1. The van der Waals surface area contributed by atoms with Crippen molar-refractivity contribution >= 4 is 0 Å². The van der Waals surface area contributed by atoms with Crippen molar-refractivity contribution in [3.8, 4) is 0 Å². The molecule has 1 saturated heterocycles. The zero-order chi connectivity index (χ0) is 30.0. The highest BCUT2D eigenvalue weighted by molar-refractivity contribution is 5.10. The summed E-state index contributed by atoms with van der Waals surface area (Å²) in [5.74, 6) is -36.9. The fourth-order valence-corrected chi connectivity index (χ4v) is 2.96.